The molecule has 0 saturated carbocycles. The highest BCUT2D eigenvalue weighted by Crippen LogP contribution is 2.39. The molecule has 0 radical (unpaired) electrons. The first-order chi connectivity index (χ1) is 6.62. The van der Waals surface area contributed by atoms with Gasteiger partial charge in [-0.15, -0.1) is 0 Å². The van der Waals surface area contributed by atoms with E-state index in [4.69, 9.17) is 11.6 Å². The van der Waals surface area contributed by atoms with Gasteiger partial charge in [0, 0.05) is 11.5 Å². The maximum absolute atomic E-state index is 12.3. The molecule has 1 heterocycles. The molecule has 84 valence electrons. The molecule has 2 nitrogen and oxygen atoms in total. The molecule has 0 aromatic carbocycles. The van der Waals surface area contributed by atoms with Crippen LogP contribution < -0.4 is 5.30 Å². The minimum atomic E-state index is -4.50. The van der Waals surface area contributed by atoms with E-state index in [2.05, 4.69) is 4.98 Å². The van der Waals surface area contributed by atoms with Crippen molar-refractivity contribution in [3.05, 3.63) is 23.0 Å². The average molecular weight is 258 g/mol. The van der Waals surface area contributed by atoms with Gasteiger partial charge in [0.1, 0.15) is 12.3 Å². The van der Waals surface area contributed by atoms with Crippen molar-refractivity contribution in [2.45, 2.75) is 6.18 Å². The van der Waals surface area contributed by atoms with Crippen molar-refractivity contribution in [1.82, 2.24) is 4.98 Å². The Morgan fingerprint density at radius 2 is 1.93 bits per heavy atom. The Kier molecular flexibility index (Phi) is 3.17. The van der Waals surface area contributed by atoms with Gasteiger partial charge in [0.2, 0.25) is 0 Å². The smallest absolute Gasteiger partial charge is 0.319 e. The summed E-state index contributed by atoms with van der Waals surface area (Å²) >= 11 is 5.58. The average Bonchev–Trinajstić information content (AvgIpc) is 2.00. The summed E-state index contributed by atoms with van der Waals surface area (Å²) in [6.07, 6.45) is -3.87. The summed E-state index contributed by atoms with van der Waals surface area (Å²) < 4.78 is 48.6. The van der Waals surface area contributed by atoms with E-state index in [0.29, 0.717) is 6.20 Å². The number of aromatic nitrogens is 1. The summed E-state index contributed by atoms with van der Waals surface area (Å²) in [4.78, 5) is 3.39. The Labute approximate surface area is 89.8 Å². The maximum Gasteiger partial charge on any atom is 0.417 e. The zero-order valence-electron chi connectivity index (χ0n) is 7.97. The molecule has 7 heteroatoms. The quantitative estimate of drug-likeness (QED) is 0.572. The lowest BCUT2D eigenvalue weighted by molar-refractivity contribution is -0.137. The molecule has 0 spiro atoms. The second-order valence-electron chi connectivity index (χ2n) is 3.38. The molecule has 0 aliphatic rings. The topological polar surface area (TPSA) is 30.0 Å². The highest BCUT2D eigenvalue weighted by molar-refractivity contribution is 7.70. The number of hydrogen-bond acceptors (Lipinski definition) is 2. The number of rotatable bonds is 1. The molecular weight excluding hydrogens is 250 g/mol. The molecule has 0 aliphatic heterocycles. The van der Waals surface area contributed by atoms with Gasteiger partial charge in [0.15, 0.2) is 0 Å². The molecule has 0 fully saturated rings. The van der Waals surface area contributed by atoms with E-state index in [1.165, 1.54) is 13.3 Å². The Hall–Kier alpha value is -0.540. The summed E-state index contributed by atoms with van der Waals surface area (Å²) in [6, 6.07) is 0.788. The Morgan fingerprint density at radius 1 is 1.40 bits per heavy atom. The number of pyridine rings is 1. The fourth-order valence-electron chi connectivity index (χ4n) is 0.969. The van der Waals surface area contributed by atoms with E-state index in [1.807, 2.05) is 0 Å². The predicted octanol–water partition coefficient (Wildman–Crippen LogP) is 3.00. The first-order valence-electron chi connectivity index (χ1n) is 3.90. The highest BCUT2D eigenvalue weighted by Gasteiger charge is 2.32. The van der Waals surface area contributed by atoms with Gasteiger partial charge >= 0.3 is 6.18 Å². The van der Waals surface area contributed by atoms with Crippen molar-refractivity contribution >= 4 is 24.0 Å². The normalized spacial score (nSPS) is 12.9. The van der Waals surface area contributed by atoms with Crippen molar-refractivity contribution in [3.63, 3.8) is 0 Å². The van der Waals surface area contributed by atoms with Crippen molar-refractivity contribution < 1.29 is 17.7 Å². The number of hydrogen-bond donors (Lipinski definition) is 0. The van der Waals surface area contributed by atoms with E-state index < -0.39 is 18.9 Å². The molecule has 15 heavy (non-hydrogen) atoms. The van der Waals surface area contributed by atoms with Gasteiger partial charge < -0.3 is 4.57 Å². The molecule has 0 atom stereocenters. The fourth-order valence-corrected chi connectivity index (χ4v) is 2.64. The minimum Gasteiger partial charge on any atom is -0.319 e. The lowest BCUT2D eigenvalue weighted by Crippen LogP contribution is -2.13. The zero-order valence-corrected chi connectivity index (χ0v) is 9.62. The third-order valence-electron chi connectivity index (χ3n) is 1.73. The second-order valence-corrected chi connectivity index (χ2v) is 6.92. The van der Waals surface area contributed by atoms with E-state index >= 15 is 0 Å². The van der Waals surface area contributed by atoms with E-state index in [0.717, 1.165) is 6.07 Å². The zero-order chi connectivity index (χ0) is 11.9. The Balaban J connectivity index is 3.36. The molecule has 1 aromatic rings. The van der Waals surface area contributed by atoms with Crippen LogP contribution in [0, 0.1) is 0 Å². The van der Waals surface area contributed by atoms with Crippen molar-refractivity contribution in [1.29, 1.82) is 0 Å². The van der Waals surface area contributed by atoms with Gasteiger partial charge in [0.25, 0.3) is 0 Å². The van der Waals surface area contributed by atoms with Crippen LogP contribution in [-0.4, -0.2) is 18.3 Å². The number of halogens is 4. The van der Waals surface area contributed by atoms with Crippen LogP contribution in [0.5, 0.6) is 0 Å². The number of nitrogens with zero attached hydrogens (tertiary/aromatic N) is 1. The third-order valence-corrected chi connectivity index (χ3v) is 3.66. The van der Waals surface area contributed by atoms with Gasteiger partial charge in [-0.25, -0.2) is 4.98 Å². The van der Waals surface area contributed by atoms with Gasteiger partial charge in [-0.1, -0.05) is 11.6 Å². The third kappa shape index (κ3) is 2.95. The van der Waals surface area contributed by atoms with E-state index in [-0.39, 0.29) is 10.5 Å². The van der Waals surface area contributed by atoms with Crippen LogP contribution >= 0.6 is 18.7 Å². The molecule has 0 bridgehead atoms. The molecule has 0 N–H and O–H groups in total. The van der Waals surface area contributed by atoms with Crippen LogP contribution in [0.25, 0.3) is 0 Å². The van der Waals surface area contributed by atoms with Crippen molar-refractivity contribution in [2.75, 3.05) is 13.3 Å². The summed E-state index contributed by atoms with van der Waals surface area (Å²) in [5, 5.41) is -0.185. The Morgan fingerprint density at radius 3 is 2.33 bits per heavy atom. The van der Waals surface area contributed by atoms with E-state index in [1.54, 1.807) is 0 Å². The number of alkyl halides is 3. The summed E-state index contributed by atoms with van der Waals surface area (Å²) in [5.41, 5.74) is -0.939. The maximum atomic E-state index is 12.3. The van der Waals surface area contributed by atoms with Gasteiger partial charge in [-0.2, -0.15) is 13.2 Å². The molecule has 1 aromatic heterocycles. The van der Waals surface area contributed by atoms with Gasteiger partial charge in [0.05, 0.1) is 5.56 Å². The Bertz CT molecular complexity index is 426. The van der Waals surface area contributed by atoms with E-state index in [9.17, 15) is 17.7 Å². The summed E-state index contributed by atoms with van der Waals surface area (Å²) in [7, 11) is -2.85. The SMILES string of the molecule is CP(C)(=O)c1cc(C(F)(F)F)cnc1Cl. The lowest BCUT2D eigenvalue weighted by atomic mass is 10.3. The second kappa shape index (κ2) is 3.80. The van der Waals surface area contributed by atoms with Crippen LogP contribution in [0.4, 0.5) is 13.2 Å². The van der Waals surface area contributed by atoms with Crippen LogP contribution in [-0.2, 0) is 10.7 Å². The summed E-state index contributed by atoms with van der Waals surface area (Å²) in [5.74, 6) is 0. The molecule has 0 saturated heterocycles. The largest absolute Gasteiger partial charge is 0.417 e. The fraction of sp³-hybridized carbons (Fsp3) is 0.375. The molecule has 1 rings (SSSR count). The molecule has 0 aliphatic carbocycles. The standard InChI is InChI=1S/C8H8ClF3NOP/c1-15(2,14)6-3-5(8(10,11)12)4-13-7(6)9/h3-4H,1-2H3. The molecule has 0 amide bonds. The highest BCUT2D eigenvalue weighted by atomic mass is 35.5. The van der Waals surface area contributed by atoms with Crippen LogP contribution in [0.2, 0.25) is 5.15 Å². The molecule has 0 unspecified atom stereocenters. The monoisotopic (exact) mass is 257 g/mol. The lowest BCUT2D eigenvalue weighted by Gasteiger charge is -2.12. The van der Waals surface area contributed by atoms with Gasteiger partial charge in [-0.05, 0) is 19.4 Å². The van der Waals surface area contributed by atoms with Crippen LogP contribution in [0.3, 0.4) is 0 Å². The van der Waals surface area contributed by atoms with Gasteiger partial charge in [-0.3, -0.25) is 0 Å². The van der Waals surface area contributed by atoms with Crippen molar-refractivity contribution in [3.8, 4) is 0 Å². The van der Waals surface area contributed by atoms with Crippen molar-refractivity contribution in [2.24, 2.45) is 0 Å². The van der Waals surface area contributed by atoms with Crippen LogP contribution in [0.1, 0.15) is 5.56 Å². The molecular formula is C8H8ClF3NOP. The predicted molar refractivity (Wildman–Crippen MR) is 53.3 cm³/mol. The first kappa shape index (κ1) is 12.5. The minimum absolute atomic E-state index is 0.0426. The first-order valence-corrected chi connectivity index (χ1v) is 6.88. The summed E-state index contributed by atoms with van der Waals surface area (Å²) in [6.45, 7) is 2.69. The van der Waals surface area contributed by atoms with Crippen LogP contribution in [0.15, 0.2) is 12.3 Å².